The fraction of sp³-hybridized carbons (Fsp3) is 0.190. The van der Waals surface area contributed by atoms with Crippen LogP contribution >= 0.6 is 44.1 Å². The molecule has 8 heteroatoms. The van der Waals surface area contributed by atoms with Crippen LogP contribution in [0.4, 0.5) is 0 Å². The van der Waals surface area contributed by atoms with Gasteiger partial charge in [-0.05, 0) is 55.6 Å². The molecule has 0 aliphatic carbocycles. The summed E-state index contributed by atoms with van der Waals surface area (Å²) in [5, 5.41) is 9.36. The predicted molar refractivity (Wildman–Crippen MR) is 122 cm³/mol. The number of thiocarbonyl (C=S) groups is 1. The number of carbonyl (C=O) groups is 1. The van der Waals surface area contributed by atoms with Crippen molar-refractivity contribution in [3.63, 3.8) is 0 Å². The molecule has 0 spiro atoms. The van der Waals surface area contributed by atoms with E-state index in [-0.39, 0.29) is 11.3 Å². The van der Waals surface area contributed by atoms with E-state index in [1.165, 1.54) is 6.08 Å². The number of halogens is 2. The van der Waals surface area contributed by atoms with Gasteiger partial charge in [-0.3, -0.25) is 0 Å². The Labute approximate surface area is 191 Å². The lowest BCUT2D eigenvalue weighted by Gasteiger charge is -2.29. The number of nitriles is 1. The summed E-state index contributed by atoms with van der Waals surface area (Å²) in [6.07, 6.45) is 1.49. The molecule has 0 amide bonds. The van der Waals surface area contributed by atoms with Gasteiger partial charge >= 0.3 is 5.97 Å². The maximum Gasteiger partial charge on any atom is 0.354 e. The normalized spacial score (nSPS) is 14.2. The minimum absolute atomic E-state index is 0.0945. The first kappa shape index (κ1) is 21.7. The predicted octanol–water partition coefficient (Wildman–Crippen LogP) is 4.73. The lowest BCUT2D eigenvalue weighted by molar-refractivity contribution is -0.129. The molecular formula is C21H16Br2N2O3S. The number of morpholine rings is 1. The average molecular weight is 536 g/mol. The molecular weight excluding hydrogens is 520 g/mol. The molecule has 2 aromatic carbocycles. The maximum absolute atomic E-state index is 12.5. The van der Waals surface area contributed by atoms with Crippen LogP contribution in [-0.2, 0) is 9.53 Å². The Balaban J connectivity index is 1.80. The van der Waals surface area contributed by atoms with Crippen LogP contribution < -0.4 is 4.74 Å². The number of carbonyl (C=O) groups excluding carboxylic acids is 1. The third-order valence-corrected chi connectivity index (χ3v) is 5.86. The van der Waals surface area contributed by atoms with Crippen LogP contribution in [0.25, 0.3) is 6.08 Å². The van der Waals surface area contributed by atoms with Gasteiger partial charge in [0, 0.05) is 18.7 Å². The average Bonchev–Trinajstić information content (AvgIpc) is 2.75. The Morgan fingerprint density at radius 3 is 2.38 bits per heavy atom. The summed E-state index contributed by atoms with van der Waals surface area (Å²) >= 11 is 12.5. The zero-order chi connectivity index (χ0) is 20.8. The van der Waals surface area contributed by atoms with Crippen molar-refractivity contribution in [2.24, 2.45) is 0 Å². The first-order chi connectivity index (χ1) is 14.0. The molecule has 1 heterocycles. The molecule has 1 aliphatic heterocycles. The van der Waals surface area contributed by atoms with Crippen LogP contribution in [0, 0.1) is 11.3 Å². The lowest BCUT2D eigenvalue weighted by atomic mass is 10.1. The van der Waals surface area contributed by atoms with Crippen molar-refractivity contribution in [3.8, 4) is 11.8 Å². The molecule has 1 saturated heterocycles. The Morgan fingerprint density at radius 2 is 1.79 bits per heavy atom. The molecule has 1 fully saturated rings. The van der Waals surface area contributed by atoms with Gasteiger partial charge in [-0.1, -0.05) is 42.5 Å². The number of esters is 1. The van der Waals surface area contributed by atoms with Crippen molar-refractivity contribution < 1.29 is 14.3 Å². The standard InChI is InChI=1S/C21H16Br2N2O3S/c22-17-11-15(20(29)25-6-8-27-9-7-25)12-18(23)19(17)28-21(26)16(13-24)10-14-4-2-1-3-5-14/h1-5,10-12H,6-9H2/b16-10+. The highest BCUT2D eigenvalue weighted by Gasteiger charge is 2.20. The first-order valence-electron chi connectivity index (χ1n) is 8.74. The van der Waals surface area contributed by atoms with Crippen LogP contribution in [0.15, 0.2) is 57.0 Å². The van der Waals surface area contributed by atoms with Crippen molar-refractivity contribution in [2.45, 2.75) is 0 Å². The van der Waals surface area contributed by atoms with Crippen molar-refractivity contribution in [2.75, 3.05) is 26.3 Å². The highest BCUT2D eigenvalue weighted by molar-refractivity contribution is 9.11. The van der Waals surface area contributed by atoms with Gasteiger partial charge in [0.25, 0.3) is 0 Å². The summed E-state index contributed by atoms with van der Waals surface area (Å²) in [6, 6.07) is 14.6. The van der Waals surface area contributed by atoms with Crippen LogP contribution in [0.2, 0.25) is 0 Å². The van der Waals surface area contributed by atoms with E-state index in [9.17, 15) is 10.1 Å². The zero-order valence-corrected chi connectivity index (χ0v) is 19.2. The fourth-order valence-electron chi connectivity index (χ4n) is 2.73. The number of hydrogen-bond acceptors (Lipinski definition) is 5. The van der Waals surface area contributed by atoms with Gasteiger partial charge in [-0.2, -0.15) is 5.26 Å². The second-order valence-corrected chi connectivity index (χ2v) is 8.24. The number of ether oxygens (including phenoxy) is 2. The minimum Gasteiger partial charge on any atom is -0.420 e. The quantitative estimate of drug-likeness (QED) is 0.185. The molecule has 0 atom stereocenters. The van der Waals surface area contributed by atoms with Gasteiger partial charge in [0.15, 0.2) is 5.75 Å². The summed E-state index contributed by atoms with van der Waals surface area (Å²) in [5.74, 6) is -0.445. The SMILES string of the molecule is N#C/C(=C\c1ccccc1)C(=O)Oc1c(Br)cc(C(=S)N2CCOCC2)cc1Br. The van der Waals surface area contributed by atoms with Gasteiger partial charge in [0.1, 0.15) is 16.6 Å². The minimum atomic E-state index is -0.735. The number of nitrogens with zero attached hydrogens (tertiary/aromatic N) is 2. The molecule has 0 radical (unpaired) electrons. The van der Waals surface area contributed by atoms with Crippen molar-refractivity contribution in [1.82, 2.24) is 4.90 Å². The monoisotopic (exact) mass is 534 g/mol. The van der Waals surface area contributed by atoms with E-state index >= 15 is 0 Å². The largest absolute Gasteiger partial charge is 0.420 e. The van der Waals surface area contributed by atoms with Crippen molar-refractivity contribution >= 4 is 61.1 Å². The van der Waals surface area contributed by atoms with Crippen LogP contribution in [0.1, 0.15) is 11.1 Å². The van der Waals surface area contributed by atoms with Gasteiger partial charge in [-0.15, -0.1) is 0 Å². The number of benzene rings is 2. The van der Waals surface area contributed by atoms with E-state index in [0.717, 1.165) is 24.2 Å². The highest BCUT2D eigenvalue weighted by atomic mass is 79.9. The smallest absolute Gasteiger partial charge is 0.354 e. The third-order valence-electron chi connectivity index (χ3n) is 4.19. The number of rotatable bonds is 4. The summed E-state index contributed by atoms with van der Waals surface area (Å²) in [6.45, 7) is 2.76. The summed E-state index contributed by atoms with van der Waals surface area (Å²) < 4.78 is 12.0. The van der Waals surface area contributed by atoms with Gasteiger partial charge in [0.05, 0.1) is 22.2 Å². The molecule has 148 valence electrons. The Bertz CT molecular complexity index is 974. The van der Waals surface area contributed by atoms with Crippen LogP contribution in [0.3, 0.4) is 0 Å². The first-order valence-corrected chi connectivity index (χ1v) is 10.7. The molecule has 3 rings (SSSR count). The molecule has 0 aromatic heterocycles. The Kier molecular flexibility index (Phi) is 7.56. The van der Waals surface area contributed by atoms with Gasteiger partial charge < -0.3 is 14.4 Å². The van der Waals surface area contributed by atoms with E-state index in [4.69, 9.17) is 21.7 Å². The van der Waals surface area contributed by atoms with Crippen LogP contribution in [-0.4, -0.2) is 42.2 Å². The molecule has 0 saturated carbocycles. The molecule has 0 unspecified atom stereocenters. The zero-order valence-electron chi connectivity index (χ0n) is 15.2. The second kappa shape index (κ2) is 10.1. The highest BCUT2D eigenvalue weighted by Crippen LogP contribution is 2.36. The molecule has 1 aliphatic rings. The lowest BCUT2D eigenvalue weighted by Crippen LogP contribution is -2.40. The second-order valence-electron chi connectivity index (χ2n) is 6.14. The Hall–Kier alpha value is -2.05. The van der Waals surface area contributed by atoms with E-state index in [1.54, 1.807) is 24.3 Å². The molecule has 0 bridgehead atoms. The van der Waals surface area contributed by atoms with Crippen molar-refractivity contribution in [3.05, 3.63) is 68.1 Å². The molecule has 0 N–H and O–H groups in total. The Morgan fingerprint density at radius 1 is 1.17 bits per heavy atom. The van der Waals surface area contributed by atoms with Gasteiger partial charge in [-0.25, -0.2) is 4.79 Å². The molecule has 5 nitrogen and oxygen atoms in total. The fourth-order valence-corrected chi connectivity index (χ4v) is 4.38. The van der Waals surface area contributed by atoms with E-state index in [2.05, 4.69) is 36.8 Å². The summed E-state index contributed by atoms with van der Waals surface area (Å²) in [7, 11) is 0. The molecule has 2 aromatic rings. The topological polar surface area (TPSA) is 62.6 Å². The third kappa shape index (κ3) is 5.52. The summed E-state index contributed by atoms with van der Waals surface area (Å²) in [5.41, 5.74) is 1.47. The van der Waals surface area contributed by atoms with Crippen molar-refractivity contribution in [1.29, 1.82) is 5.26 Å². The molecule has 29 heavy (non-hydrogen) atoms. The maximum atomic E-state index is 12.5. The summed E-state index contributed by atoms with van der Waals surface area (Å²) in [4.78, 5) is 15.3. The van der Waals surface area contributed by atoms with E-state index in [0.29, 0.717) is 27.1 Å². The number of hydrogen-bond donors (Lipinski definition) is 0. The van der Waals surface area contributed by atoms with E-state index < -0.39 is 5.97 Å². The van der Waals surface area contributed by atoms with Crippen LogP contribution in [0.5, 0.6) is 5.75 Å². The van der Waals surface area contributed by atoms with Gasteiger partial charge in [0.2, 0.25) is 0 Å². The van der Waals surface area contributed by atoms with E-state index in [1.807, 2.05) is 24.3 Å².